The lowest BCUT2D eigenvalue weighted by Gasteiger charge is -2.22. The zero-order valence-corrected chi connectivity index (χ0v) is 20.3. The van der Waals surface area contributed by atoms with Gasteiger partial charge in [0.05, 0.1) is 37.7 Å². The summed E-state index contributed by atoms with van der Waals surface area (Å²) in [5.74, 6) is 1.98. The van der Waals surface area contributed by atoms with Crippen LogP contribution in [0.25, 0.3) is 0 Å². The van der Waals surface area contributed by atoms with Crippen LogP contribution in [0.5, 0.6) is 11.5 Å². The van der Waals surface area contributed by atoms with Crippen LogP contribution in [0.15, 0.2) is 35.3 Å². The Labute approximate surface area is 192 Å². The molecule has 2 N–H and O–H groups in total. The lowest BCUT2D eigenvalue weighted by molar-refractivity contribution is 0.185. The number of aliphatic imine (C=N–C) groups is 1. The van der Waals surface area contributed by atoms with Gasteiger partial charge in [0.2, 0.25) is 0 Å². The molecular weight excluding hydrogens is 513 g/mol. The largest absolute Gasteiger partial charge is 0.497 e. The summed E-state index contributed by atoms with van der Waals surface area (Å²) in [5, 5.41) is 13.8. The van der Waals surface area contributed by atoms with Gasteiger partial charge in [0.15, 0.2) is 5.96 Å². The van der Waals surface area contributed by atoms with E-state index in [0.717, 1.165) is 21.7 Å². The molecule has 0 aliphatic carbocycles. The van der Waals surface area contributed by atoms with E-state index in [1.807, 2.05) is 31.0 Å². The molecule has 0 aliphatic heterocycles. The molecule has 2 aromatic rings. The molecule has 28 heavy (non-hydrogen) atoms. The molecule has 0 radical (unpaired) electrons. The van der Waals surface area contributed by atoms with Gasteiger partial charge < -0.3 is 24.8 Å². The maximum Gasteiger partial charge on any atom is 0.194 e. The number of aliphatic hydroxyl groups is 1. The van der Waals surface area contributed by atoms with Crippen molar-refractivity contribution in [3.63, 3.8) is 0 Å². The fourth-order valence-corrected chi connectivity index (χ4v) is 3.66. The lowest BCUT2D eigenvalue weighted by atomic mass is 10.1. The van der Waals surface area contributed by atoms with Crippen molar-refractivity contribution in [2.24, 2.45) is 4.99 Å². The Bertz CT molecular complexity index is 750. The summed E-state index contributed by atoms with van der Waals surface area (Å²) in [6, 6.07) is 9.23. The van der Waals surface area contributed by atoms with E-state index in [4.69, 9.17) is 21.1 Å². The first-order valence-corrected chi connectivity index (χ1v) is 9.81. The first-order chi connectivity index (χ1) is 13.0. The van der Waals surface area contributed by atoms with Crippen molar-refractivity contribution in [2.75, 3.05) is 34.4 Å². The summed E-state index contributed by atoms with van der Waals surface area (Å²) in [5.41, 5.74) is 0.693. The second-order valence-electron chi connectivity index (χ2n) is 5.92. The van der Waals surface area contributed by atoms with Gasteiger partial charge >= 0.3 is 0 Å². The predicted molar refractivity (Wildman–Crippen MR) is 127 cm³/mol. The number of guanidine groups is 1. The molecule has 1 atom stereocenters. The summed E-state index contributed by atoms with van der Waals surface area (Å²) >= 11 is 7.55. The van der Waals surface area contributed by atoms with Gasteiger partial charge in [-0.15, -0.1) is 35.3 Å². The van der Waals surface area contributed by atoms with E-state index in [1.54, 1.807) is 43.8 Å². The SMILES string of the molecule is CCNC(=NCC(O)c1cc(OC)cc(OC)c1)N(C)Cc1ccc(Cl)s1.I. The third kappa shape index (κ3) is 7.31. The number of halogens is 2. The van der Waals surface area contributed by atoms with E-state index in [2.05, 4.69) is 10.3 Å². The number of rotatable bonds is 8. The molecule has 2 rings (SSSR count). The highest BCUT2D eigenvalue weighted by molar-refractivity contribution is 14.0. The number of hydrogen-bond donors (Lipinski definition) is 2. The van der Waals surface area contributed by atoms with Crippen LogP contribution < -0.4 is 14.8 Å². The third-order valence-electron chi connectivity index (χ3n) is 3.89. The van der Waals surface area contributed by atoms with Crippen LogP contribution in [0, 0.1) is 0 Å². The summed E-state index contributed by atoms with van der Waals surface area (Å²) in [7, 11) is 5.12. The van der Waals surface area contributed by atoms with Crippen molar-refractivity contribution < 1.29 is 14.6 Å². The zero-order chi connectivity index (χ0) is 19.8. The van der Waals surface area contributed by atoms with Crippen LogP contribution in [0.2, 0.25) is 4.34 Å². The van der Waals surface area contributed by atoms with Gasteiger partial charge in [-0.1, -0.05) is 11.6 Å². The summed E-state index contributed by atoms with van der Waals surface area (Å²) in [6.45, 7) is 3.65. The molecular formula is C19H27ClIN3O3S. The minimum atomic E-state index is -0.771. The number of nitrogens with one attached hydrogen (secondary N) is 1. The minimum absolute atomic E-state index is 0. The number of benzene rings is 1. The van der Waals surface area contributed by atoms with Gasteiger partial charge in [0.1, 0.15) is 11.5 Å². The van der Waals surface area contributed by atoms with Crippen LogP contribution in [0.4, 0.5) is 0 Å². The minimum Gasteiger partial charge on any atom is -0.497 e. The van der Waals surface area contributed by atoms with E-state index in [9.17, 15) is 5.11 Å². The maximum absolute atomic E-state index is 10.6. The average Bonchev–Trinajstić information content (AvgIpc) is 3.08. The molecule has 0 aliphatic rings. The molecule has 9 heteroatoms. The second-order valence-corrected chi connectivity index (χ2v) is 7.72. The van der Waals surface area contributed by atoms with Crippen LogP contribution >= 0.6 is 46.9 Å². The molecule has 156 valence electrons. The number of thiophene rings is 1. The first kappa shape index (κ1) is 24.8. The summed E-state index contributed by atoms with van der Waals surface area (Å²) in [6.07, 6.45) is -0.771. The van der Waals surface area contributed by atoms with Crippen molar-refractivity contribution in [3.05, 3.63) is 45.1 Å². The molecule has 1 unspecified atom stereocenters. The standard InChI is InChI=1S/C19H26ClN3O3S.HI/c1-5-21-19(23(2)12-16-6-7-18(20)27-16)22-11-17(24)13-8-14(25-3)10-15(9-13)26-4;/h6-10,17,24H,5,11-12H2,1-4H3,(H,21,22);1H. The molecule has 0 bridgehead atoms. The number of ether oxygens (including phenoxy) is 2. The highest BCUT2D eigenvalue weighted by Gasteiger charge is 2.13. The lowest BCUT2D eigenvalue weighted by Crippen LogP contribution is -2.38. The number of methoxy groups -OCH3 is 2. The van der Waals surface area contributed by atoms with Crippen LogP contribution in [0.1, 0.15) is 23.5 Å². The van der Waals surface area contributed by atoms with Crippen molar-refractivity contribution in [2.45, 2.75) is 19.6 Å². The smallest absolute Gasteiger partial charge is 0.194 e. The third-order valence-corrected chi connectivity index (χ3v) is 5.11. The molecule has 0 saturated heterocycles. The van der Waals surface area contributed by atoms with Crippen molar-refractivity contribution in [1.82, 2.24) is 10.2 Å². The number of hydrogen-bond acceptors (Lipinski definition) is 5. The molecule has 6 nitrogen and oxygen atoms in total. The highest BCUT2D eigenvalue weighted by Crippen LogP contribution is 2.27. The topological polar surface area (TPSA) is 66.3 Å². The van der Waals surface area contributed by atoms with Crippen LogP contribution in [0.3, 0.4) is 0 Å². The van der Waals surface area contributed by atoms with E-state index < -0.39 is 6.10 Å². The Kier molecular flexibility index (Phi) is 10.9. The monoisotopic (exact) mass is 539 g/mol. The van der Waals surface area contributed by atoms with Gasteiger partial charge in [-0.05, 0) is 36.8 Å². The molecule has 1 heterocycles. The molecule has 0 saturated carbocycles. The van der Waals surface area contributed by atoms with Crippen LogP contribution in [-0.4, -0.2) is 50.3 Å². The van der Waals surface area contributed by atoms with Crippen molar-refractivity contribution >= 4 is 52.9 Å². The number of nitrogens with zero attached hydrogens (tertiary/aromatic N) is 2. The van der Waals surface area contributed by atoms with Crippen molar-refractivity contribution in [3.8, 4) is 11.5 Å². The highest BCUT2D eigenvalue weighted by atomic mass is 127. The first-order valence-electron chi connectivity index (χ1n) is 8.61. The van der Waals surface area contributed by atoms with E-state index in [1.165, 1.54) is 0 Å². The van der Waals surface area contributed by atoms with E-state index >= 15 is 0 Å². The number of aliphatic hydroxyl groups excluding tert-OH is 1. The summed E-state index contributed by atoms with van der Waals surface area (Å²) < 4.78 is 11.3. The Hall–Kier alpha value is -1.23. The molecule has 1 aromatic carbocycles. The Morgan fingerprint density at radius 3 is 2.39 bits per heavy atom. The fraction of sp³-hybridized carbons (Fsp3) is 0.421. The maximum atomic E-state index is 10.6. The van der Waals surface area contributed by atoms with Gasteiger partial charge in [-0.2, -0.15) is 0 Å². The second kappa shape index (κ2) is 12.4. The Balaban J connectivity index is 0.00000392. The normalized spacial score (nSPS) is 12.1. The van der Waals surface area contributed by atoms with Gasteiger partial charge in [-0.25, -0.2) is 0 Å². The quantitative estimate of drug-likeness (QED) is 0.300. The fourth-order valence-electron chi connectivity index (χ4n) is 2.52. The molecule has 1 aromatic heterocycles. The van der Waals surface area contributed by atoms with Gasteiger partial charge in [-0.3, -0.25) is 4.99 Å². The Morgan fingerprint density at radius 1 is 1.25 bits per heavy atom. The van der Waals surface area contributed by atoms with E-state index in [-0.39, 0.29) is 30.5 Å². The molecule has 0 amide bonds. The van der Waals surface area contributed by atoms with E-state index in [0.29, 0.717) is 23.6 Å². The molecule has 0 fully saturated rings. The average molecular weight is 540 g/mol. The summed E-state index contributed by atoms with van der Waals surface area (Å²) in [4.78, 5) is 7.72. The van der Waals surface area contributed by atoms with Crippen LogP contribution in [-0.2, 0) is 6.54 Å². The predicted octanol–water partition coefficient (Wildman–Crippen LogP) is 4.17. The van der Waals surface area contributed by atoms with Gasteiger partial charge in [0, 0.05) is 24.5 Å². The van der Waals surface area contributed by atoms with Crippen molar-refractivity contribution in [1.29, 1.82) is 0 Å². The van der Waals surface area contributed by atoms with Gasteiger partial charge in [0.25, 0.3) is 0 Å². The zero-order valence-electron chi connectivity index (χ0n) is 16.4. The Morgan fingerprint density at radius 2 is 1.89 bits per heavy atom. The molecule has 0 spiro atoms.